The maximum absolute atomic E-state index is 10.1. The van der Waals surface area contributed by atoms with Gasteiger partial charge in [0.05, 0.1) is 6.61 Å². The van der Waals surface area contributed by atoms with E-state index < -0.39 is 25.7 Å². The van der Waals surface area contributed by atoms with Crippen LogP contribution in [0.4, 0.5) is 0 Å². The van der Waals surface area contributed by atoms with Gasteiger partial charge in [0.1, 0.15) is 0 Å². The molecule has 101 valence electrons. The molecule has 0 unspecified atom stereocenters. The number of rotatable bonds is 7. The molecule has 1 N–H and O–H groups in total. The molecule has 0 atom stereocenters. The van der Waals surface area contributed by atoms with Crippen molar-refractivity contribution in [2.24, 2.45) is 0 Å². The van der Waals surface area contributed by atoms with Crippen LogP contribution in [0, 0.1) is 0 Å². The molecule has 0 saturated carbocycles. The molecule has 0 heterocycles. The first-order chi connectivity index (χ1) is 7.97. The van der Waals surface area contributed by atoms with Crippen LogP contribution in [-0.4, -0.2) is 43.4 Å². The molecular formula is C12H25O4Sn. The number of carbonyl (C=O) groups excluding carboxylic acids is 1. The Labute approximate surface area is 111 Å². The minimum absolute atomic E-state index is 0.0489. The predicted octanol–water partition coefficient (Wildman–Crippen LogP) is 2.96. The molecule has 0 aromatic heterocycles. The molecule has 0 aromatic carbocycles. The molecule has 0 aliphatic rings. The zero-order valence-electron chi connectivity index (χ0n) is 11.4. The van der Waals surface area contributed by atoms with Crippen molar-refractivity contribution >= 4 is 31.7 Å². The van der Waals surface area contributed by atoms with Gasteiger partial charge in [-0.05, 0) is 6.42 Å². The number of esters is 1. The van der Waals surface area contributed by atoms with Gasteiger partial charge < -0.3 is 9.84 Å². The summed E-state index contributed by atoms with van der Waals surface area (Å²) in [6.45, 7) is 8.54. The van der Waals surface area contributed by atoms with Crippen molar-refractivity contribution < 1.29 is 19.4 Å². The molecular weight excluding hydrogens is 327 g/mol. The first-order valence-corrected chi connectivity index (χ1v) is 12.2. The molecule has 5 heteroatoms. The third-order valence-electron chi connectivity index (χ3n) is 2.34. The number of hydrogen-bond acceptors (Lipinski definition) is 3. The van der Waals surface area contributed by atoms with E-state index in [0.717, 1.165) is 0 Å². The van der Waals surface area contributed by atoms with Gasteiger partial charge >= 0.3 is 65.8 Å². The van der Waals surface area contributed by atoms with Crippen molar-refractivity contribution in [2.45, 2.75) is 53.8 Å². The molecule has 0 bridgehead atoms. The van der Waals surface area contributed by atoms with Crippen LogP contribution in [0.15, 0.2) is 0 Å². The molecule has 0 rings (SSSR count). The van der Waals surface area contributed by atoms with Crippen LogP contribution in [0.1, 0.15) is 40.5 Å². The Balaban J connectivity index is 0. The van der Waals surface area contributed by atoms with Crippen molar-refractivity contribution in [3.05, 3.63) is 0 Å². The number of carbonyl (C=O) groups is 2. The quantitative estimate of drug-likeness (QED) is 0.435. The number of ether oxygens (including phenoxy) is 1. The van der Waals surface area contributed by atoms with Crippen molar-refractivity contribution in [3.63, 3.8) is 0 Å². The van der Waals surface area contributed by atoms with Gasteiger partial charge in [-0.2, -0.15) is 0 Å². The summed E-state index contributed by atoms with van der Waals surface area (Å²) in [5.74, 6) is -1.24. The number of carboxylic acids is 1. The van der Waals surface area contributed by atoms with E-state index >= 15 is 0 Å². The van der Waals surface area contributed by atoms with Gasteiger partial charge in [0, 0.05) is 13.3 Å². The van der Waals surface area contributed by atoms with E-state index in [4.69, 9.17) is 5.11 Å². The monoisotopic (exact) mass is 353 g/mol. The second kappa shape index (κ2) is 13.8. The predicted molar refractivity (Wildman–Crippen MR) is 70.7 cm³/mol. The van der Waals surface area contributed by atoms with E-state index in [2.05, 4.69) is 25.5 Å². The third kappa shape index (κ3) is 18.3. The van der Waals surface area contributed by atoms with Crippen LogP contribution in [0.2, 0.25) is 13.3 Å². The molecule has 0 fully saturated rings. The normalized spacial score (nSPS) is 9.47. The molecule has 4 nitrogen and oxygen atoms in total. The van der Waals surface area contributed by atoms with E-state index in [1.54, 1.807) is 13.3 Å². The van der Waals surface area contributed by atoms with E-state index in [0.29, 0.717) is 6.42 Å². The summed E-state index contributed by atoms with van der Waals surface area (Å²) >= 11 is -0.653. The molecule has 1 radical (unpaired) electrons. The van der Waals surface area contributed by atoms with Crippen molar-refractivity contribution in [1.82, 2.24) is 0 Å². The van der Waals surface area contributed by atoms with Gasteiger partial charge in [-0.25, -0.2) is 0 Å². The Kier molecular flexibility index (Phi) is 15.5. The van der Waals surface area contributed by atoms with E-state index in [1.807, 2.05) is 0 Å². The Morgan fingerprint density at radius 1 is 1.12 bits per heavy atom. The maximum atomic E-state index is 10.1. The van der Waals surface area contributed by atoms with Gasteiger partial charge in [-0.1, -0.05) is 0 Å². The van der Waals surface area contributed by atoms with Gasteiger partial charge in [0.25, 0.3) is 0 Å². The molecule has 0 amide bonds. The van der Waals surface area contributed by atoms with Crippen molar-refractivity contribution in [3.8, 4) is 0 Å². The fourth-order valence-electron chi connectivity index (χ4n) is 1.19. The number of aliphatic carboxylic acids is 1. The SMILES string of the molecule is CC(=O)OCCCC(=O)O.C[CH2][Sn]([CH2]C)[CH2]C. The molecule has 0 spiro atoms. The number of carboxylic acid groups (broad SMARTS) is 1. The fraction of sp³-hybridized carbons (Fsp3) is 0.833. The van der Waals surface area contributed by atoms with Gasteiger partial charge in [-0.15, -0.1) is 0 Å². The zero-order valence-corrected chi connectivity index (χ0v) is 14.3. The molecule has 0 aliphatic carbocycles. The summed E-state index contributed by atoms with van der Waals surface area (Å²) in [5, 5.41) is 8.14. The average Bonchev–Trinajstić information content (AvgIpc) is 2.27. The Morgan fingerprint density at radius 3 is 1.82 bits per heavy atom. The zero-order chi connectivity index (χ0) is 13.7. The van der Waals surface area contributed by atoms with Crippen LogP contribution in [0.5, 0.6) is 0 Å². The second-order valence-electron chi connectivity index (χ2n) is 3.65. The first kappa shape index (κ1) is 19.1. The minimum atomic E-state index is -0.868. The first-order valence-electron chi connectivity index (χ1n) is 6.16. The second-order valence-corrected chi connectivity index (χ2v) is 14.0. The van der Waals surface area contributed by atoms with Crippen LogP contribution >= 0.6 is 0 Å². The Morgan fingerprint density at radius 2 is 1.59 bits per heavy atom. The molecule has 0 aliphatic heterocycles. The van der Waals surface area contributed by atoms with E-state index in [-0.39, 0.29) is 19.0 Å². The van der Waals surface area contributed by atoms with Crippen molar-refractivity contribution in [1.29, 1.82) is 0 Å². The Bertz CT molecular complexity index is 181. The fourth-order valence-corrected chi connectivity index (χ4v) is 5.47. The average molecular weight is 352 g/mol. The molecule has 17 heavy (non-hydrogen) atoms. The summed E-state index contributed by atoms with van der Waals surface area (Å²) < 4.78 is 9.14. The third-order valence-corrected chi connectivity index (χ3v) is 10.9. The van der Waals surface area contributed by atoms with Crippen LogP contribution in [0.3, 0.4) is 0 Å². The summed E-state index contributed by atoms with van der Waals surface area (Å²) in [6, 6.07) is 0. The molecule has 0 aromatic rings. The summed E-state index contributed by atoms with van der Waals surface area (Å²) in [5.41, 5.74) is 0. The van der Waals surface area contributed by atoms with Gasteiger partial charge in [0.15, 0.2) is 0 Å². The summed E-state index contributed by atoms with van der Waals surface area (Å²) in [7, 11) is 0. The van der Waals surface area contributed by atoms with Gasteiger partial charge in [-0.3, -0.25) is 9.59 Å². The van der Waals surface area contributed by atoms with E-state index in [9.17, 15) is 9.59 Å². The van der Waals surface area contributed by atoms with E-state index in [1.165, 1.54) is 6.92 Å². The standard InChI is InChI=1S/C6H10O4.3C2H5.Sn/c1-5(7)10-4-2-3-6(8)9;3*1-2;/h2-4H2,1H3,(H,8,9);3*1H2,2H3;. The van der Waals surface area contributed by atoms with Gasteiger partial charge in [0.2, 0.25) is 0 Å². The Hall–Kier alpha value is -0.261. The van der Waals surface area contributed by atoms with Crippen LogP contribution in [0.25, 0.3) is 0 Å². The van der Waals surface area contributed by atoms with Crippen molar-refractivity contribution in [2.75, 3.05) is 6.61 Å². The molecule has 0 saturated heterocycles. The summed E-state index contributed by atoms with van der Waals surface area (Å²) in [4.78, 5) is 20.0. The van der Waals surface area contributed by atoms with Crippen LogP contribution in [-0.2, 0) is 14.3 Å². The van der Waals surface area contributed by atoms with Crippen LogP contribution < -0.4 is 0 Å². The topological polar surface area (TPSA) is 63.6 Å². The summed E-state index contributed by atoms with van der Waals surface area (Å²) in [6.07, 6.45) is 0.433. The number of hydrogen-bond donors (Lipinski definition) is 1.